The van der Waals surface area contributed by atoms with Gasteiger partial charge in [0.2, 0.25) is 0 Å². The van der Waals surface area contributed by atoms with E-state index in [1.807, 2.05) is 6.92 Å². The van der Waals surface area contributed by atoms with E-state index in [2.05, 4.69) is 5.32 Å². The Balaban J connectivity index is 3.66. The first-order valence-electron chi connectivity index (χ1n) is 3.33. The summed E-state index contributed by atoms with van der Waals surface area (Å²) in [7, 11) is 0. The van der Waals surface area contributed by atoms with Crippen molar-refractivity contribution in [3.8, 4) is 0 Å². The van der Waals surface area contributed by atoms with Crippen molar-refractivity contribution in [3.63, 3.8) is 0 Å². The SMILES string of the molecule is CCNC(=S)C[C@H](N)C(=O)O. The predicted molar refractivity (Wildman–Crippen MR) is 46.5 cm³/mol. The molecule has 0 heterocycles. The van der Waals surface area contributed by atoms with Gasteiger partial charge >= 0.3 is 5.97 Å². The van der Waals surface area contributed by atoms with Crippen LogP contribution in [0.4, 0.5) is 0 Å². The normalized spacial score (nSPS) is 12.2. The second-order valence-corrected chi connectivity index (χ2v) is 2.60. The Morgan fingerprint density at radius 3 is 2.73 bits per heavy atom. The van der Waals surface area contributed by atoms with Gasteiger partial charge in [0.15, 0.2) is 0 Å². The molecule has 0 unspecified atom stereocenters. The number of hydrogen-bond donors (Lipinski definition) is 3. The van der Waals surface area contributed by atoms with E-state index in [0.29, 0.717) is 11.5 Å². The van der Waals surface area contributed by atoms with E-state index >= 15 is 0 Å². The zero-order chi connectivity index (χ0) is 8.85. The number of thiocarbonyl (C=S) groups is 1. The molecule has 1 atom stereocenters. The molecule has 0 saturated heterocycles. The van der Waals surface area contributed by atoms with Gasteiger partial charge < -0.3 is 16.2 Å². The molecule has 0 spiro atoms. The Morgan fingerprint density at radius 2 is 2.36 bits per heavy atom. The van der Waals surface area contributed by atoms with Gasteiger partial charge in [-0.05, 0) is 6.92 Å². The molecule has 64 valence electrons. The molecule has 0 aromatic carbocycles. The third-order valence-electron chi connectivity index (χ3n) is 1.10. The molecule has 0 aliphatic heterocycles. The standard InChI is InChI=1S/C6H12N2O2S/c1-2-8-5(11)3-4(7)6(9)10/h4H,2-3,7H2,1H3,(H,8,11)(H,9,10)/t4-/m0/s1. The van der Waals surface area contributed by atoms with Crippen LogP contribution in [0.1, 0.15) is 13.3 Å². The van der Waals surface area contributed by atoms with Gasteiger partial charge in [-0.15, -0.1) is 0 Å². The van der Waals surface area contributed by atoms with Crippen molar-refractivity contribution in [3.05, 3.63) is 0 Å². The Kier molecular flexibility index (Phi) is 4.72. The van der Waals surface area contributed by atoms with E-state index in [1.54, 1.807) is 0 Å². The summed E-state index contributed by atoms with van der Waals surface area (Å²) in [5.74, 6) is -1.02. The molecular formula is C6H12N2O2S. The second-order valence-electron chi connectivity index (χ2n) is 2.10. The molecule has 0 bridgehead atoms. The maximum Gasteiger partial charge on any atom is 0.320 e. The van der Waals surface area contributed by atoms with Crippen molar-refractivity contribution in [2.24, 2.45) is 5.73 Å². The molecular weight excluding hydrogens is 164 g/mol. The lowest BCUT2D eigenvalue weighted by molar-refractivity contribution is -0.138. The van der Waals surface area contributed by atoms with Crippen LogP contribution in [-0.4, -0.2) is 28.7 Å². The van der Waals surface area contributed by atoms with E-state index < -0.39 is 12.0 Å². The van der Waals surface area contributed by atoms with Crippen molar-refractivity contribution < 1.29 is 9.90 Å². The van der Waals surface area contributed by atoms with Crippen LogP contribution in [0.15, 0.2) is 0 Å². The molecule has 5 heteroatoms. The number of nitrogens with two attached hydrogens (primary N) is 1. The number of rotatable bonds is 4. The highest BCUT2D eigenvalue weighted by Gasteiger charge is 2.12. The van der Waals surface area contributed by atoms with Gasteiger partial charge in [-0.2, -0.15) is 0 Å². The van der Waals surface area contributed by atoms with Gasteiger partial charge in [0.05, 0.1) is 4.99 Å². The minimum Gasteiger partial charge on any atom is -0.480 e. The summed E-state index contributed by atoms with van der Waals surface area (Å²) in [6.45, 7) is 2.59. The number of carboxylic acid groups (broad SMARTS) is 1. The molecule has 0 aliphatic rings. The molecule has 0 amide bonds. The highest BCUT2D eigenvalue weighted by Crippen LogP contribution is 1.89. The molecule has 0 rings (SSSR count). The van der Waals surface area contributed by atoms with Crippen LogP contribution < -0.4 is 11.1 Å². The maximum atomic E-state index is 10.2. The summed E-state index contributed by atoms with van der Waals surface area (Å²) in [6.07, 6.45) is 0.207. The molecule has 11 heavy (non-hydrogen) atoms. The summed E-state index contributed by atoms with van der Waals surface area (Å²) in [5.41, 5.74) is 5.22. The average Bonchev–Trinajstić information content (AvgIpc) is 1.87. The lowest BCUT2D eigenvalue weighted by Crippen LogP contribution is -2.36. The van der Waals surface area contributed by atoms with E-state index in [9.17, 15) is 4.79 Å². The van der Waals surface area contributed by atoms with Gasteiger partial charge in [-0.1, -0.05) is 12.2 Å². The van der Waals surface area contributed by atoms with Gasteiger partial charge in [-0.25, -0.2) is 0 Å². The van der Waals surface area contributed by atoms with Crippen molar-refractivity contribution in [2.45, 2.75) is 19.4 Å². The Morgan fingerprint density at radius 1 is 1.82 bits per heavy atom. The van der Waals surface area contributed by atoms with Crippen LogP contribution in [-0.2, 0) is 4.79 Å². The Bertz CT molecular complexity index is 161. The molecule has 0 aromatic heterocycles. The average molecular weight is 176 g/mol. The van der Waals surface area contributed by atoms with Crippen molar-refractivity contribution >= 4 is 23.2 Å². The minimum absolute atomic E-state index is 0.207. The lowest BCUT2D eigenvalue weighted by atomic mass is 10.2. The molecule has 0 saturated carbocycles. The number of hydrogen-bond acceptors (Lipinski definition) is 3. The van der Waals surface area contributed by atoms with Gasteiger partial charge in [0, 0.05) is 13.0 Å². The summed E-state index contributed by atoms with van der Waals surface area (Å²) < 4.78 is 0. The first-order valence-corrected chi connectivity index (χ1v) is 3.73. The topological polar surface area (TPSA) is 75.3 Å². The van der Waals surface area contributed by atoms with Crippen molar-refractivity contribution in [2.75, 3.05) is 6.54 Å². The molecule has 4 nitrogen and oxygen atoms in total. The fourth-order valence-corrected chi connectivity index (χ4v) is 0.880. The van der Waals surface area contributed by atoms with Crippen LogP contribution in [0.5, 0.6) is 0 Å². The molecule has 0 radical (unpaired) electrons. The molecule has 0 aromatic rings. The maximum absolute atomic E-state index is 10.2. The third-order valence-corrected chi connectivity index (χ3v) is 1.41. The smallest absolute Gasteiger partial charge is 0.320 e. The molecule has 0 fully saturated rings. The number of aliphatic carboxylic acids is 1. The van der Waals surface area contributed by atoms with Gasteiger partial charge in [0.25, 0.3) is 0 Å². The summed E-state index contributed by atoms with van der Waals surface area (Å²) in [5, 5.41) is 11.2. The number of carbonyl (C=O) groups is 1. The minimum atomic E-state index is -1.02. The van der Waals surface area contributed by atoms with E-state index in [4.69, 9.17) is 23.1 Å². The summed E-state index contributed by atoms with van der Waals surface area (Å²) in [4.78, 5) is 10.7. The lowest BCUT2D eigenvalue weighted by Gasteiger charge is -2.07. The monoisotopic (exact) mass is 176 g/mol. The van der Waals surface area contributed by atoms with E-state index in [-0.39, 0.29) is 6.42 Å². The summed E-state index contributed by atoms with van der Waals surface area (Å²) >= 11 is 4.79. The first-order chi connectivity index (χ1) is 5.07. The Hall–Kier alpha value is -0.680. The molecule has 0 aliphatic carbocycles. The first kappa shape index (κ1) is 10.3. The third kappa shape index (κ3) is 4.69. The quantitative estimate of drug-likeness (QED) is 0.514. The Labute approximate surface area is 70.8 Å². The van der Waals surface area contributed by atoms with Gasteiger partial charge in [0.1, 0.15) is 6.04 Å². The largest absolute Gasteiger partial charge is 0.480 e. The highest BCUT2D eigenvalue weighted by molar-refractivity contribution is 7.80. The number of nitrogens with one attached hydrogen (secondary N) is 1. The van der Waals surface area contributed by atoms with Gasteiger partial charge in [-0.3, -0.25) is 4.79 Å². The van der Waals surface area contributed by atoms with Crippen molar-refractivity contribution in [1.82, 2.24) is 5.32 Å². The predicted octanol–water partition coefficient (Wildman–Crippen LogP) is -0.275. The van der Waals surface area contributed by atoms with Crippen LogP contribution in [0, 0.1) is 0 Å². The van der Waals surface area contributed by atoms with E-state index in [0.717, 1.165) is 0 Å². The fraction of sp³-hybridized carbons (Fsp3) is 0.667. The summed E-state index contributed by atoms with van der Waals surface area (Å²) in [6, 6.07) is -0.887. The van der Waals surface area contributed by atoms with Crippen molar-refractivity contribution in [1.29, 1.82) is 0 Å². The zero-order valence-electron chi connectivity index (χ0n) is 6.33. The van der Waals surface area contributed by atoms with Crippen LogP contribution in [0.2, 0.25) is 0 Å². The number of carboxylic acids is 1. The van der Waals surface area contributed by atoms with Crippen LogP contribution in [0.25, 0.3) is 0 Å². The molecule has 4 N–H and O–H groups in total. The van der Waals surface area contributed by atoms with E-state index in [1.165, 1.54) is 0 Å². The second kappa shape index (κ2) is 5.03. The zero-order valence-corrected chi connectivity index (χ0v) is 7.15. The fourth-order valence-electron chi connectivity index (χ4n) is 0.556. The van der Waals surface area contributed by atoms with Crippen LogP contribution >= 0.6 is 12.2 Å². The van der Waals surface area contributed by atoms with Crippen LogP contribution in [0.3, 0.4) is 0 Å². The highest BCUT2D eigenvalue weighted by atomic mass is 32.1.